The van der Waals surface area contributed by atoms with Gasteiger partial charge in [0.05, 0.1) is 55.3 Å². The van der Waals surface area contributed by atoms with Gasteiger partial charge in [0, 0.05) is 30.1 Å². The van der Waals surface area contributed by atoms with Gasteiger partial charge in [-0.15, -0.1) is 0 Å². The first-order valence-corrected chi connectivity index (χ1v) is 21.0. The maximum absolute atomic E-state index is 14.0. The van der Waals surface area contributed by atoms with Crippen LogP contribution in [0.4, 0.5) is 9.59 Å². The van der Waals surface area contributed by atoms with Gasteiger partial charge in [-0.05, 0) is 98.7 Å². The molecule has 2 saturated heterocycles. The maximum Gasteiger partial charge on any atom is 0.407 e. The molecule has 0 radical (unpaired) electrons. The van der Waals surface area contributed by atoms with Crippen LogP contribution in [-0.4, -0.2) is 105 Å². The van der Waals surface area contributed by atoms with E-state index in [-0.39, 0.29) is 41.9 Å². The van der Waals surface area contributed by atoms with Crippen molar-refractivity contribution in [3.05, 3.63) is 65.9 Å². The number of aromatic nitrogens is 4. The Hall–Kier alpha value is -6.16. The number of imidazole rings is 2. The first-order valence-electron chi connectivity index (χ1n) is 21.0. The van der Waals surface area contributed by atoms with Gasteiger partial charge in [-0.1, -0.05) is 32.0 Å². The average Bonchev–Trinajstić information content (AvgIpc) is 4.08. The van der Waals surface area contributed by atoms with Crippen molar-refractivity contribution in [1.82, 2.24) is 40.4 Å². The van der Waals surface area contributed by atoms with Crippen LogP contribution in [0.5, 0.6) is 5.75 Å². The van der Waals surface area contributed by atoms with Crippen molar-refractivity contribution in [2.75, 3.05) is 21.3 Å². The number of rotatable bonds is 10. The topological polar surface area (TPSA) is 193 Å². The molecule has 61 heavy (non-hydrogen) atoms. The lowest BCUT2D eigenvalue weighted by Crippen LogP contribution is -2.55. The smallest absolute Gasteiger partial charge is 0.407 e. The largest absolute Gasteiger partial charge is 0.488 e. The number of likely N-dealkylation sites (tertiary alicyclic amines) is 2. The number of hydrogen-bond donors (Lipinski definition) is 4. The minimum atomic E-state index is -0.934. The summed E-state index contributed by atoms with van der Waals surface area (Å²) in [4.78, 5) is 72.7. The van der Waals surface area contributed by atoms with Crippen LogP contribution in [0.1, 0.15) is 89.6 Å². The molecule has 5 heterocycles. The summed E-state index contributed by atoms with van der Waals surface area (Å²) in [6.07, 6.45) is 2.94. The number of nitrogens with one attached hydrogen (secondary N) is 4. The molecule has 2 aromatic heterocycles. The minimum Gasteiger partial charge on any atom is -0.488 e. The third-order valence-electron chi connectivity index (χ3n) is 12.7. The number of ether oxygens (including phenoxy) is 4. The zero-order valence-corrected chi connectivity index (χ0v) is 35.8. The summed E-state index contributed by atoms with van der Waals surface area (Å²) in [5, 5.41) is 7.32. The van der Waals surface area contributed by atoms with Crippen molar-refractivity contribution in [2.45, 2.75) is 109 Å². The monoisotopic (exact) mass is 834 g/mol. The highest BCUT2D eigenvalue weighted by molar-refractivity contribution is 6.07. The summed E-state index contributed by atoms with van der Waals surface area (Å²) in [7, 11) is 4.06. The van der Waals surface area contributed by atoms with Gasteiger partial charge in [0.2, 0.25) is 11.8 Å². The van der Waals surface area contributed by atoms with Gasteiger partial charge in [-0.2, -0.15) is 0 Å². The van der Waals surface area contributed by atoms with E-state index in [1.165, 1.54) is 21.3 Å². The van der Waals surface area contributed by atoms with Crippen LogP contribution in [0.3, 0.4) is 0 Å². The number of carbonyl (C=O) groups is 4. The second kappa shape index (κ2) is 16.7. The van der Waals surface area contributed by atoms with E-state index in [0.29, 0.717) is 24.7 Å². The van der Waals surface area contributed by atoms with Crippen LogP contribution >= 0.6 is 0 Å². The van der Waals surface area contributed by atoms with Gasteiger partial charge in [0.25, 0.3) is 0 Å². The number of aromatic amines is 2. The minimum absolute atomic E-state index is 0.0198. The van der Waals surface area contributed by atoms with Crippen molar-refractivity contribution in [3.8, 4) is 28.1 Å². The molecule has 322 valence electrons. The molecule has 2 fully saturated rings. The molecule has 3 aliphatic rings. The lowest BCUT2D eigenvalue weighted by molar-refractivity contribution is -0.139. The normalized spacial score (nSPS) is 21.1. The Morgan fingerprint density at radius 1 is 0.787 bits per heavy atom. The number of amides is 4. The number of methoxy groups -OCH3 is 3. The fraction of sp³-hybridized carbons (Fsp3) is 0.467. The van der Waals surface area contributed by atoms with Crippen molar-refractivity contribution >= 4 is 45.8 Å². The highest BCUT2D eigenvalue weighted by Gasteiger charge is 2.43. The van der Waals surface area contributed by atoms with Crippen LogP contribution < -0.4 is 15.4 Å². The standard InChI is InChI=1S/C45H54N8O8/c1-22(2)37(50-44(56)59-7)42(54)52-23(3)9-15-34(52)40-46-20-33(48-40)27-11-13-29-28(17-27)21-61-36-19-30-26(18-31(29)36)12-14-32-39(30)49-41(47-32)35-16-10-24(4)53(35)43(55)38(25(5)58-6)51-45(57)60-8/h11-14,17-20,22-25,34-35,37-38H,9-10,15-16,21H2,1-8H3,(H,46,48)(H,47,49)(H,50,56)(H,51,57)/t23-,24-,25+,34-,35-,37-,38-/m0/s1. The van der Waals surface area contributed by atoms with Gasteiger partial charge >= 0.3 is 12.2 Å². The Labute approximate surface area is 354 Å². The molecule has 7 atom stereocenters. The molecule has 0 aliphatic carbocycles. The summed E-state index contributed by atoms with van der Waals surface area (Å²) in [6.45, 7) is 9.95. The number of carbonyl (C=O) groups excluding carboxylic acids is 4. The maximum atomic E-state index is 14.0. The number of hydrogen-bond acceptors (Lipinski definition) is 10. The van der Waals surface area contributed by atoms with Crippen LogP contribution in [0.15, 0.2) is 48.7 Å². The van der Waals surface area contributed by atoms with Gasteiger partial charge in [0.1, 0.15) is 36.1 Å². The quantitative estimate of drug-likeness (QED) is 0.115. The third-order valence-corrected chi connectivity index (χ3v) is 12.7. The van der Waals surface area contributed by atoms with Crippen LogP contribution in [0, 0.1) is 5.92 Å². The van der Waals surface area contributed by atoms with E-state index in [4.69, 9.17) is 28.9 Å². The zero-order valence-electron chi connectivity index (χ0n) is 35.8. The Kier molecular flexibility index (Phi) is 11.4. The summed E-state index contributed by atoms with van der Waals surface area (Å²) < 4.78 is 21.5. The molecule has 0 bridgehead atoms. The van der Waals surface area contributed by atoms with Crippen LogP contribution in [0.2, 0.25) is 0 Å². The predicted octanol–water partition coefficient (Wildman–Crippen LogP) is 6.91. The Bertz CT molecular complexity index is 2500. The first-order chi connectivity index (χ1) is 29.3. The molecule has 16 nitrogen and oxygen atoms in total. The number of fused-ring (bicyclic) bond motifs is 6. The van der Waals surface area contributed by atoms with E-state index in [0.717, 1.165) is 74.8 Å². The summed E-state index contributed by atoms with van der Waals surface area (Å²) >= 11 is 0. The number of benzene rings is 3. The lowest BCUT2D eigenvalue weighted by atomic mass is 9.92. The average molecular weight is 835 g/mol. The van der Waals surface area contributed by atoms with E-state index in [9.17, 15) is 19.2 Å². The van der Waals surface area contributed by atoms with Crippen molar-refractivity contribution in [3.63, 3.8) is 0 Å². The van der Waals surface area contributed by atoms with Crippen LogP contribution in [0.25, 0.3) is 44.2 Å². The second-order valence-corrected chi connectivity index (χ2v) is 16.8. The van der Waals surface area contributed by atoms with Gasteiger partial charge in [-0.3, -0.25) is 9.59 Å². The molecule has 0 unspecified atom stereocenters. The molecular weight excluding hydrogens is 781 g/mol. The van der Waals surface area contributed by atoms with E-state index in [1.54, 1.807) is 11.8 Å². The lowest BCUT2D eigenvalue weighted by Gasteiger charge is -2.33. The summed E-state index contributed by atoms with van der Waals surface area (Å²) in [5.41, 5.74) is 6.50. The highest BCUT2D eigenvalue weighted by atomic mass is 16.5. The van der Waals surface area contributed by atoms with E-state index in [2.05, 4.69) is 50.9 Å². The second-order valence-electron chi connectivity index (χ2n) is 16.8. The first kappa shape index (κ1) is 41.6. The summed E-state index contributed by atoms with van der Waals surface area (Å²) in [5.74, 6) is 1.59. The van der Waals surface area contributed by atoms with E-state index >= 15 is 0 Å². The molecule has 3 aliphatic heterocycles. The van der Waals surface area contributed by atoms with E-state index < -0.39 is 30.4 Å². The molecule has 3 aromatic carbocycles. The molecule has 16 heteroatoms. The third kappa shape index (κ3) is 7.62. The van der Waals surface area contributed by atoms with Crippen molar-refractivity contribution in [1.29, 1.82) is 0 Å². The molecule has 4 N–H and O–H groups in total. The Morgan fingerprint density at radius 2 is 1.44 bits per heavy atom. The van der Waals surface area contributed by atoms with Crippen molar-refractivity contribution in [2.24, 2.45) is 5.92 Å². The molecule has 0 saturated carbocycles. The molecule has 5 aromatic rings. The highest BCUT2D eigenvalue weighted by Crippen LogP contribution is 2.44. The zero-order chi connectivity index (χ0) is 43.3. The summed E-state index contributed by atoms with van der Waals surface area (Å²) in [6, 6.07) is 12.2. The fourth-order valence-electron chi connectivity index (χ4n) is 9.25. The van der Waals surface area contributed by atoms with Crippen LogP contribution in [-0.2, 0) is 30.4 Å². The molecule has 8 rings (SSSR count). The Balaban J connectivity index is 1.05. The predicted molar refractivity (Wildman–Crippen MR) is 227 cm³/mol. The fourth-order valence-corrected chi connectivity index (χ4v) is 9.25. The van der Waals surface area contributed by atoms with Gasteiger partial charge in [0.15, 0.2) is 0 Å². The van der Waals surface area contributed by atoms with E-state index in [1.807, 2.05) is 50.9 Å². The molecular formula is C45H54N8O8. The van der Waals surface area contributed by atoms with Crippen molar-refractivity contribution < 1.29 is 38.1 Å². The van der Waals surface area contributed by atoms with Gasteiger partial charge < -0.3 is 49.3 Å². The number of H-pyrrole nitrogens is 2. The number of nitrogens with zero attached hydrogens (tertiary/aromatic N) is 4. The molecule has 0 spiro atoms. The Morgan fingerprint density at radius 3 is 2.10 bits per heavy atom. The van der Waals surface area contributed by atoms with Gasteiger partial charge in [-0.25, -0.2) is 19.6 Å². The number of alkyl carbamates (subject to hydrolysis) is 2. The molecule has 4 amide bonds. The SMILES string of the molecule is COC(=O)N[C@H](C(=O)N1[C@@H](C)CC[C@H]1c1ncc(-c2ccc3c(c2)COc2cc4c(ccc5[nH]c([C@@H]6CC[C@H](C)N6C(=O)[C@@H](NC(=O)OC)[C@@H](C)OC)nc54)cc2-3)[nH]1)C(C)C.